The Bertz CT molecular complexity index is 185. The van der Waals surface area contributed by atoms with Gasteiger partial charge in [-0.25, -0.2) is 0 Å². The lowest BCUT2D eigenvalue weighted by Gasteiger charge is -2.09. The van der Waals surface area contributed by atoms with Crippen LogP contribution in [0.1, 0.15) is 20.3 Å². The van der Waals surface area contributed by atoms with Crippen molar-refractivity contribution in [2.75, 3.05) is 13.2 Å². The van der Waals surface area contributed by atoms with Crippen molar-refractivity contribution in [3.05, 3.63) is 11.8 Å². The Morgan fingerprint density at radius 1 is 1.73 bits per heavy atom. The third kappa shape index (κ3) is 2.72. The van der Waals surface area contributed by atoms with E-state index in [9.17, 15) is 0 Å². The standard InChI is InChI=1S/C8H13NO2/c1-3-10-6-8-5-4-7(2)9-11-8/h5H,3-4,6H2,1-2H3. The van der Waals surface area contributed by atoms with Gasteiger partial charge < -0.3 is 9.57 Å². The van der Waals surface area contributed by atoms with Gasteiger partial charge in [-0.2, -0.15) is 0 Å². The van der Waals surface area contributed by atoms with Crippen molar-refractivity contribution in [1.29, 1.82) is 0 Å². The molecular formula is C8H13NO2. The van der Waals surface area contributed by atoms with Gasteiger partial charge in [0.25, 0.3) is 0 Å². The van der Waals surface area contributed by atoms with Crippen molar-refractivity contribution < 1.29 is 9.57 Å². The molecule has 1 aliphatic rings. The molecule has 0 aromatic heterocycles. The molecule has 3 heteroatoms. The maximum Gasteiger partial charge on any atom is 0.157 e. The first-order valence-corrected chi connectivity index (χ1v) is 3.80. The minimum Gasteiger partial charge on any atom is -0.374 e. The Morgan fingerprint density at radius 2 is 2.55 bits per heavy atom. The number of allylic oxidation sites excluding steroid dienone is 1. The molecule has 0 unspecified atom stereocenters. The normalized spacial score (nSPS) is 16.9. The highest BCUT2D eigenvalue weighted by Crippen LogP contribution is 2.08. The molecule has 0 radical (unpaired) electrons. The molecule has 0 saturated carbocycles. The molecule has 0 N–H and O–H groups in total. The molecule has 0 spiro atoms. The van der Waals surface area contributed by atoms with Crippen LogP contribution >= 0.6 is 0 Å². The number of hydrogen-bond donors (Lipinski definition) is 0. The van der Waals surface area contributed by atoms with E-state index < -0.39 is 0 Å². The van der Waals surface area contributed by atoms with E-state index in [0.717, 1.165) is 17.9 Å². The largest absolute Gasteiger partial charge is 0.374 e. The van der Waals surface area contributed by atoms with Crippen LogP contribution < -0.4 is 0 Å². The van der Waals surface area contributed by atoms with Gasteiger partial charge >= 0.3 is 0 Å². The van der Waals surface area contributed by atoms with Gasteiger partial charge in [0.1, 0.15) is 6.61 Å². The molecule has 1 rings (SSSR count). The van der Waals surface area contributed by atoms with E-state index in [1.807, 2.05) is 19.9 Å². The zero-order chi connectivity index (χ0) is 8.10. The van der Waals surface area contributed by atoms with Crippen LogP contribution in [0.25, 0.3) is 0 Å². The molecule has 0 aromatic carbocycles. The van der Waals surface area contributed by atoms with E-state index >= 15 is 0 Å². The smallest absolute Gasteiger partial charge is 0.157 e. The highest BCUT2D eigenvalue weighted by atomic mass is 16.6. The predicted molar refractivity (Wildman–Crippen MR) is 43.4 cm³/mol. The number of nitrogens with zero attached hydrogens (tertiary/aromatic N) is 1. The number of oxime groups is 1. The molecule has 0 aliphatic carbocycles. The lowest BCUT2D eigenvalue weighted by atomic mass is 10.2. The molecule has 0 atom stereocenters. The maximum atomic E-state index is 5.15. The molecule has 0 aromatic rings. The summed E-state index contributed by atoms with van der Waals surface area (Å²) in [6.07, 6.45) is 2.88. The average Bonchev–Trinajstić information content (AvgIpc) is 2.04. The van der Waals surface area contributed by atoms with Gasteiger partial charge in [-0.3, -0.25) is 0 Å². The summed E-state index contributed by atoms with van der Waals surface area (Å²) in [7, 11) is 0. The molecule has 62 valence electrons. The highest BCUT2D eigenvalue weighted by molar-refractivity contribution is 5.83. The molecule has 11 heavy (non-hydrogen) atoms. The highest BCUT2D eigenvalue weighted by Gasteiger charge is 2.04. The van der Waals surface area contributed by atoms with Gasteiger partial charge in [-0.1, -0.05) is 5.16 Å². The van der Waals surface area contributed by atoms with Crippen LogP contribution in [0.5, 0.6) is 0 Å². The SMILES string of the molecule is CCOCC1=CCC(C)=NO1. The van der Waals surface area contributed by atoms with Gasteiger partial charge in [-0.15, -0.1) is 0 Å². The fourth-order valence-electron chi connectivity index (χ4n) is 0.761. The third-order valence-corrected chi connectivity index (χ3v) is 1.39. The molecule has 0 amide bonds. The van der Waals surface area contributed by atoms with Gasteiger partial charge in [0.15, 0.2) is 5.76 Å². The predicted octanol–water partition coefficient (Wildman–Crippen LogP) is 1.70. The van der Waals surface area contributed by atoms with E-state index in [2.05, 4.69) is 5.16 Å². The maximum absolute atomic E-state index is 5.15. The number of hydrogen-bond acceptors (Lipinski definition) is 3. The molecule has 0 saturated heterocycles. The second-order valence-electron chi connectivity index (χ2n) is 2.43. The van der Waals surface area contributed by atoms with Crippen molar-refractivity contribution in [3.8, 4) is 0 Å². The van der Waals surface area contributed by atoms with Crippen molar-refractivity contribution in [1.82, 2.24) is 0 Å². The molecule has 3 nitrogen and oxygen atoms in total. The zero-order valence-corrected chi connectivity index (χ0v) is 6.96. The molecule has 0 bridgehead atoms. The topological polar surface area (TPSA) is 30.8 Å². The van der Waals surface area contributed by atoms with Gasteiger partial charge in [0.2, 0.25) is 0 Å². The summed E-state index contributed by atoms with van der Waals surface area (Å²) in [6.45, 7) is 5.14. The minimum absolute atomic E-state index is 0.535. The van der Waals surface area contributed by atoms with Gasteiger partial charge in [0, 0.05) is 13.0 Å². The van der Waals surface area contributed by atoms with Gasteiger partial charge in [-0.05, 0) is 19.9 Å². The van der Waals surface area contributed by atoms with Crippen LogP contribution in [-0.4, -0.2) is 18.9 Å². The lowest BCUT2D eigenvalue weighted by molar-refractivity contribution is 0.106. The summed E-state index contributed by atoms with van der Waals surface area (Å²) in [5.74, 6) is 0.817. The Kier molecular flexibility index (Phi) is 3.11. The van der Waals surface area contributed by atoms with E-state index in [1.165, 1.54) is 0 Å². The van der Waals surface area contributed by atoms with Crippen LogP contribution in [-0.2, 0) is 9.57 Å². The second-order valence-corrected chi connectivity index (χ2v) is 2.43. The van der Waals surface area contributed by atoms with Crippen molar-refractivity contribution in [2.45, 2.75) is 20.3 Å². The Morgan fingerprint density at radius 3 is 3.09 bits per heavy atom. The summed E-state index contributed by atoms with van der Waals surface area (Å²) in [5.41, 5.74) is 1.00. The summed E-state index contributed by atoms with van der Waals surface area (Å²) in [5, 5.41) is 3.83. The first-order valence-electron chi connectivity index (χ1n) is 3.80. The first kappa shape index (κ1) is 8.27. The van der Waals surface area contributed by atoms with Crippen LogP contribution in [0.4, 0.5) is 0 Å². The summed E-state index contributed by atoms with van der Waals surface area (Å²) in [4.78, 5) is 5.02. The van der Waals surface area contributed by atoms with Gasteiger partial charge in [0.05, 0.1) is 5.71 Å². The first-order chi connectivity index (χ1) is 5.33. The van der Waals surface area contributed by atoms with Crippen molar-refractivity contribution >= 4 is 5.71 Å². The number of rotatable bonds is 3. The fourth-order valence-corrected chi connectivity index (χ4v) is 0.761. The van der Waals surface area contributed by atoms with E-state index in [0.29, 0.717) is 13.2 Å². The molecule has 1 heterocycles. The lowest BCUT2D eigenvalue weighted by Crippen LogP contribution is -2.05. The van der Waals surface area contributed by atoms with E-state index in [1.54, 1.807) is 0 Å². The second kappa shape index (κ2) is 4.13. The van der Waals surface area contributed by atoms with Crippen molar-refractivity contribution in [2.24, 2.45) is 5.16 Å². The average molecular weight is 155 g/mol. The van der Waals surface area contributed by atoms with Crippen LogP contribution in [0, 0.1) is 0 Å². The summed E-state index contributed by atoms with van der Waals surface area (Å²) < 4.78 is 5.15. The zero-order valence-electron chi connectivity index (χ0n) is 6.96. The Balaban J connectivity index is 2.27. The van der Waals surface area contributed by atoms with Crippen molar-refractivity contribution in [3.63, 3.8) is 0 Å². The fraction of sp³-hybridized carbons (Fsp3) is 0.625. The Hall–Kier alpha value is -0.830. The molecule has 1 aliphatic heterocycles. The van der Waals surface area contributed by atoms with Crippen LogP contribution in [0.3, 0.4) is 0 Å². The third-order valence-electron chi connectivity index (χ3n) is 1.39. The summed E-state index contributed by atoms with van der Waals surface area (Å²) >= 11 is 0. The summed E-state index contributed by atoms with van der Waals surface area (Å²) in [6, 6.07) is 0. The van der Waals surface area contributed by atoms with E-state index in [4.69, 9.17) is 9.57 Å². The molecular weight excluding hydrogens is 142 g/mol. The molecule has 0 fully saturated rings. The Labute approximate surface area is 66.7 Å². The van der Waals surface area contributed by atoms with E-state index in [-0.39, 0.29) is 0 Å². The quantitative estimate of drug-likeness (QED) is 0.621. The van der Waals surface area contributed by atoms with Crippen LogP contribution in [0.15, 0.2) is 17.0 Å². The monoisotopic (exact) mass is 155 g/mol. The van der Waals surface area contributed by atoms with Crippen LogP contribution in [0.2, 0.25) is 0 Å². The number of ether oxygens (including phenoxy) is 1. The minimum atomic E-state index is 0.535.